The van der Waals surface area contributed by atoms with Crippen LogP contribution in [0.15, 0.2) is 40.9 Å². The third kappa shape index (κ3) is 4.16. The van der Waals surface area contributed by atoms with Gasteiger partial charge in [0.05, 0.1) is 22.7 Å². The Kier molecular flexibility index (Phi) is 6.30. The molecule has 150 valence electrons. The van der Waals surface area contributed by atoms with Crippen LogP contribution in [-0.2, 0) is 9.59 Å². The molecule has 2 heterocycles. The predicted molar refractivity (Wildman–Crippen MR) is 111 cm³/mol. The van der Waals surface area contributed by atoms with Crippen LogP contribution in [0.4, 0.5) is 0 Å². The standard InChI is InChI=1S/C22H24N4O2S/c1-22(2)16(13-23)19(27)25-20(17(22)14-24)29-18(15-9-5-3-6-10-15)21(28)26-11-7-4-8-12-26/h3,5-6,9-10,16,18H,4,7-8,11-12H2,1-2H3,(H,25,27)/t16-,18-/m0/s1. The number of hydrogen-bond donors (Lipinski definition) is 1. The van der Waals surface area contributed by atoms with Gasteiger partial charge in [-0.1, -0.05) is 55.9 Å². The number of benzene rings is 1. The van der Waals surface area contributed by atoms with Crippen molar-refractivity contribution in [1.29, 1.82) is 10.5 Å². The van der Waals surface area contributed by atoms with E-state index in [1.165, 1.54) is 11.8 Å². The molecule has 2 amide bonds. The molecule has 0 aliphatic carbocycles. The molecular weight excluding hydrogens is 384 g/mol. The molecule has 0 radical (unpaired) electrons. The topological polar surface area (TPSA) is 97.0 Å². The van der Waals surface area contributed by atoms with E-state index in [9.17, 15) is 20.1 Å². The fourth-order valence-corrected chi connectivity index (χ4v) is 5.17. The number of nitrogens with zero attached hydrogens (tertiary/aromatic N) is 3. The molecule has 1 saturated heterocycles. The lowest BCUT2D eigenvalue weighted by atomic mass is 9.72. The quantitative estimate of drug-likeness (QED) is 0.822. The van der Waals surface area contributed by atoms with Crippen molar-refractivity contribution in [3.05, 3.63) is 46.5 Å². The maximum atomic E-state index is 13.4. The Morgan fingerprint density at radius 3 is 2.45 bits per heavy atom. The molecule has 2 atom stereocenters. The van der Waals surface area contributed by atoms with Crippen molar-refractivity contribution in [2.45, 2.75) is 38.4 Å². The molecule has 1 N–H and O–H groups in total. The van der Waals surface area contributed by atoms with E-state index < -0.39 is 22.5 Å². The Balaban J connectivity index is 2.00. The summed E-state index contributed by atoms with van der Waals surface area (Å²) in [5.41, 5.74) is 0.234. The Bertz CT molecular complexity index is 905. The fraction of sp³-hybridized carbons (Fsp3) is 0.455. The van der Waals surface area contributed by atoms with Crippen LogP contribution in [0.5, 0.6) is 0 Å². The van der Waals surface area contributed by atoms with Crippen molar-refractivity contribution in [2.75, 3.05) is 13.1 Å². The Hall–Kier alpha value is -2.77. The number of thioether (sulfide) groups is 1. The predicted octanol–water partition coefficient (Wildman–Crippen LogP) is 3.50. The number of nitriles is 2. The van der Waals surface area contributed by atoms with Gasteiger partial charge in [0, 0.05) is 18.5 Å². The van der Waals surface area contributed by atoms with Crippen LogP contribution in [-0.4, -0.2) is 29.8 Å². The fourth-order valence-electron chi connectivity index (χ4n) is 3.80. The van der Waals surface area contributed by atoms with E-state index in [1.807, 2.05) is 41.3 Å². The van der Waals surface area contributed by atoms with Crippen LogP contribution in [0, 0.1) is 34.0 Å². The van der Waals surface area contributed by atoms with Crippen LogP contribution < -0.4 is 5.32 Å². The molecule has 1 fully saturated rings. The lowest BCUT2D eigenvalue weighted by molar-refractivity contribution is -0.131. The maximum Gasteiger partial charge on any atom is 0.243 e. The van der Waals surface area contributed by atoms with Gasteiger partial charge in [0.15, 0.2) is 0 Å². The van der Waals surface area contributed by atoms with Crippen LogP contribution in [0.2, 0.25) is 0 Å². The minimum atomic E-state index is -0.950. The lowest BCUT2D eigenvalue weighted by Gasteiger charge is -2.36. The zero-order valence-corrected chi connectivity index (χ0v) is 17.5. The zero-order valence-electron chi connectivity index (χ0n) is 16.6. The molecule has 0 saturated carbocycles. The number of carbonyl (C=O) groups excluding carboxylic acids is 2. The smallest absolute Gasteiger partial charge is 0.243 e. The summed E-state index contributed by atoms with van der Waals surface area (Å²) in [6.45, 7) is 4.90. The van der Waals surface area contributed by atoms with E-state index >= 15 is 0 Å². The van der Waals surface area contributed by atoms with Gasteiger partial charge in [0.25, 0.3) is 0 Å². The van der Waals surface area contributed by atoms with Crippen molar-refractivity contribution in [3.8, 4) is 12.1 Å². The van der Waals surface area contributed by atoms with E-state index in [-0.39, 0.29) is 5.91 Å². The van der Waals surface area contributed by atoms with E-state index in [0.717, 1.165) is 37.9 Å². The molecule has 3 rings (SSSR count). The average Bonchev–Trinajstić information content (AvgIpc) is 2.72. The zero-order chi connectivity index (χ0) is 21.0. The van der Waals surface area contributed by atoms with Crippen molar-refractivity contribution in [2.24, 2.45) is 11.3 Å². The Morgan fingerprint density at radius 1 is 1.21 bits per heavy atom. The number of likely N-dealkylation sites (tertiary alicyclic amines) is 1. The molecular formula is C22H24N4O2S. The molecule has 0 unspecified atom stereocenters. The highest BCUT2D eigenvalue weighted by atomic mass is 32.2. The first-order chi connectivity index (χ1) is 13.9. The van der Waals surface area contributed by atoms with Gasteiger partial charge in [-0.3, -0.25) is 9.59 Å². The Labute approximate surface area is 175 Å². The van der Waals surface area contributed by atoms with Gasteiger partial charge in [-0.25, -0.2) is 0 Å². The van der Waals surface area contributed by atoms with Gasteiger partial charge >= 0.3 is 0 Å². The van der Waals surface area contributed by atoms with E-state index in [4.69, 9.17) is 0 Å². The van der Waals surface area contributed by atoms with Gasteiger partial charge in [-0.15, -0.1) is 0 Å². The minimum Gasteiger partial charge on any atom is -0.341 e. The summed E-state index contributed by atoms with van der Waals surface area (Å²) < 4.78 is 0. The average molecular weight is 409 g/mol. The van der Waals surface area contributed by atoms with Crippen LogP contribution in [0.1, 0.15) is 43.9 Å². The Morgan fingerprint density at radius 2 is 1.86 bits per heavy atom. The van der Waals surface area contributed by atoms with Gasteiger partial charge in [0.1, 0.15) is 11.2 Å². The highest BCUT2D eigenvalue weighted by Crippen LogP contribution is 2.45. The van der Waals surface area contributed by atoms with Gasteiger partial charge in [-0.2, -0.15) is 10.5 Å². The number of rotatable bonds is 4. The molecule has 0 spiro atoms. The maximum absolute atomic E-state index is 13.4. The number of nitrogens with one attached hydrogen (secondary N) is 1. The van der Waals surface area contributed by atoms with E-state index in [0.29, 0.717) is 10.6 Å². The number of piperidine rings is 1. The van der Waals surface area contributed by atoms with E-state index in [1.54, 1.807) is 13.8 Å². The second kappa shape index (κ2) is 8.71. The van der Waals surface area contributed by atoms with Gasteiger partial charge < -0.3 is 10.2 Å². The summed E-state index contributed by atoms with van der Waals surface area (Å²) in [6, 6.07) is 13.6. The van der Waals surface area contributed by atoms with E-state index in [2.05, 4.69) is 11.4 Å². The summed E-state index contributed by atoms with van der Waals surface area (Å²) >= 11 is 1.20. The van der Waals surface area contributed by atoms with Crippen LogP contribution in [0.3, 0.4) is 0 Å². The molecule has 6 nitrogen and oxygen atoms in total. The molecule has 0 bridgehead atoms. The first-order valence-corrected chi connectivity index (χ1v) is 10.6. The summed E-state index contributed by atoms with van der Waals surface area (Å²) in [6.07, 6.45) is 3.09. The largest absolute Gasteiger partial charge is 0.341 e. The number of amides is 2. The second-order valence-corrected chi connectivity index (χ2v) is 9.00. The molecule has 0 aromatic heterocycles. The van der Waals surface area contributed by atoms with Crippen molar-refractivity contribution in [3.63, 3.8) is 0 Å². The monoisotopic (exact) mass is 408 g/mol. The summed E-state index contributed by atoms with van der Waals surface area (Å²) in [7, 11) is 0. The highest BCUT2D eigenvalue weighted by molar-refractivity contribution is 8.03. The third-order valence-corrected chi connectivity index (χ3v) is 6.81. The molecule has 2 aliphatic rings. The number of hydrogen-bond acceptors (Lipinski definition) is 5. The van der Waals surface area contributed by atoms with Crippen LogP contribution in [0.25, 0.3) is 0 Å². The molecule has 2 aliphatic heterocycles. The molecule has 1 aromatic carbocycles. The number of allylic oxidation sites excluding steroid dienone is 1. The van der Waals surface area contributed by atoms with Crippen molar-refractivity contribution >= 4 is 23.6 Å². The highest BCUT2D eigenvalue weighted by Gasteiger charge is 2.45. The van der Waals surface area contributed by atoms with Crippen molar-refractivity contribution < 1.29 is 9.59 Å². The summed E-state index contributed by atoms with van der Waals surface area (Å²) in [5.74, 6) is -1.40. The molecule has 7 heteroatoms. The summed E-state index contributed by atoms with van der Waals surface area (Å²) in [5, 5.41) is 21.7. The number of carbonyl (C=O) groups is 2. The van der Waals surface area contributed by atoms with Gasteiger partial charge in [-0.05, 0) is 24.8 Å². The lowest BCUT2D eigenvalue weighted by Crippen LogP contribution is -2.45. The van der Waals surface area contributed by atoms with Crippen LogP contribution >= 0.6 is 11.8 Å². The second-order valence-electron chi connectivity index (χ2n) is 7.88. The first kappa shape index (κ1) is 21.0. The molecule has 29 heavy (non-hydrogen) atoms. The third-order valence-electron chi connectivity index (χ3n) is 5.56. The normalized spacial score (nSPS) is 22.3. The molecule has 1 aromatic rings. The van der Waals surface area contributed by atoms with Gasteiger partial charge in [0.2, 0.25) is 11.8 Å². The minimum absolute atomic E-state index is 0.0137. The first-order valence-electron chi connectivity index (χ1n) is 9.76. The SMILES string of the molecule is CC1(C)C(C#N)=C(S[C@H](C(=O)N2CCCCC2)c2ccccc2)NC(=O)[C@@H]1C#N. The van der Waals surface area contributed by atoms with Crippen molar-refractivity contribution in [1.82, 2.24) is 10.2 Å². The summed E-state index contributed by atoms with van der Waals surface area (Å²) in [4.78, 5) is 27.8.